The van der Waals surface area contributed by atoms with Gasteiger partial charge in [-0.05, 0) is 42.9 Å². The second-order valence-electron chi connectivity index (χ2n) is 7.04. The van der Waals surface area contributed by atoms with Crippen LogP contribution in [0.5, 0.6) is 5.75 Å². The van der Waals surface area contributed by atoms with Crippen LogP contribution in [-0.4, -0.2) is 29.8 Å². The Balaban J connectivity index is 1.61. The van der Waals surface area contributed by atoms with E-state index in [0.29, 0.717) is 12.0 Å². The second kappa shape index (κ2) is 7.25. The molecule has 2 bridgehead atoms. The van der Waals surface area contributed by atoms with Crippen LogP contribution in [0.2, 0.25) is 0 Å². The number of benzene rings is 1. The Morgan fingerprint density at radius 2 is 1.78 bits per heavy atom. The minimum atomic E-state index is -4.41. The summed E-state index contributed by atoms with van der Waals surface area (Å²) in [6.45, 7) is 0.370. The van der Waals surface area contributed by atoms with Crippen LogP contribution in [-0.2, 0) is 9.59 Å². The summed E-state index contributed by atoms with van der Waals surface area (Å²) in [4.78, 5) is 24.2. The van der Waals surface area contributed by atoms with Gasteiger partial charge in [-0.2, -0.15) is 13.2 Å². The van der Waals surface area contributed by atoms with Gasteiger partial charge in [-0.15, -0.1) is 0 Å². The van der Waals surface area contributed by atoms with Crippen LogP contribution < -0.4 is 10.1 Å². The normalized spacial score (nSPS) is 27.4. The highest BCUT2D eigenvalue weighted by Crippen LogP contribution is 2.48. The lowest BCUT2D eigenvalue weighted by atomic mass is 9.82. The molecular weight excluding hydrogens is 363 g/mol. The molecule has 0 heterocycles. The summed E-state index contributed by atoms with van der Waals surface area (Å²) < 4.78 is 41.2. The van der Waals surface area contributed by atoms with Crippen LogP contribution in [0.4, 0.5) is 13.2 Å². The van der Waals surface area contributed by atoms with Gasteiger partial charge in [-0.3, -0.25) is 9.59 Å². The maximum Gasteiger partial charge on any atom is 0.422 e. The molecule has 5 nitrogen and oxygen atoms in total. The highest BCUT2D eigenvalue weighted by molar-refractivity contribution is 5.87. The molecule has 2 aliphatic rings. The van der Waals surface area contributed by atoms with Gasteiger partial charge < -0.3 is 15.2 Å². The van der Waals surface area contributed by atoms with Crippen LogP contribution in [0.1, 0.15) is 24.9 Å². The van der Waals surface area contributed by atoms with Gasteiger partial charge in [0.25, 0.3) is 0 Å². The summed E-state index contributed by atoms with van der Waals surface area (Å²) in [5, 5.41) is 12.3. The molecule has 1 aromatic rings. The fourth-order valence-corrected chi connectivity index (χ4v) is 3.93. The van der Waals surface area contributed by atoms with Gasteiger partial charge in [-0.1, -0.05) is 24.3 Å². The van der Waals surface area contributed by atoms with Gasteiger partial charge in [0.2, 0.25) is 5.91 Å². The number of aliphatic carboxylic acids is 1. The average molecular weight is 383 g/mol. The van der Waals surface area contributed by atoms with Gasteiger partial charge in [0.1, 0.15) is 5.75 Å². The fraction of sp³-hybridized carbons (Fsp3) is 0.474. The number of allylic oxidation sites excluding steroid dienone is 2. The topological polar surface area (TPSA) is 75.6 Å². The summed E-state index contributed by atoms with van der Waals surface area (Å²) in [5.74, 6) is -2.70. The largest absolute Gasteiger partial charge is 0.484 e. The Morgan fingerprint density at radius 1 is 1.19 bits per heavy atom. The zero-order chi connectivity index (χ0) is 19.8. The molecule has 2 N–H and O–H groups in total. The molecule has 3 rings (SSSR count). The molecule has 0 aliphatic heterocycles. The number of rotatable bonds is 6. The molecule has 1 saturated carbocycles. The quantitative estimate of drug-likeness (QED) is 0.739. The van der Waals surface area contributed by atoms with E-state index in [1.807, 2.05) is 12.2 Å². The third-order valence-electron chi connectivity index (χ3n) is 5.19. The van der Waals surface area contributed by atoms with Crippen molar-refractivity contribution >= 4 is 11.9 Å². The molecule has 8 heteroatoms. The molecular formula is C19H20F3NO4. The number of amides is 1. The number of carboxylic acids is 1. The molecule has 1 aromatic carbocycles. The maximum atomic E-state index is 12.7. The van der Waals surface area contributed by atoms with Crippen LogP contribution in [0.15, 0.2) is 36.4 Å². The van der Waals surface area contributed by atoms with Gasteiger partial charge in [0.15, 0.2) is 6.61 Å². The number of nitrogens with one attached hydrogen (secondary N) is 1. The standard InChI is InChI=1S/C19H20F3NO4/c1-10(11-4-6-14(7-5-11)27-9-19(20,21)22)23-17(24)15-12-2-3-13(8-12)16(15)18(25)26/h2-7,10,12-13,15-16H,8-9H2,1H3,(H,23,24)(H,25,26)/t10-,12-,13-,15+,16-/m0/s1. The number of carbonyl (C=O) groups excluding carboxylic acids is 1. The first-order valence-corrected chi connectivity index (χ1v) is 8.67. The van der Waals surface area contributed by atoms with Gasteiger partial charge in [0, 0.05) is 0 Å². The van der Waals surface area contributed by atoms with Crippen LogP contribution in [0.3, 0.4) is 0 Å². The predicted octanol–water partition coefficient (Wildman–Crippen LogP) is 3.33. The maximum absolute atomic E-state index is 12.7. The highest BCUT2D eigenvalue weighted by atomic mass is 19.4. The monoisotopic (exact) mass is 383 g/mol. The Kier molecular flexibility index (Phi) is 5.17. The zero-order valence-corrected chi connectivity index (χ0v) is 14.6. The molecule has 0 unspecified atom stereocenters. The first-order chi connectivity index (χ1) is 12.7. The van der Waals surface area contributed by atoms with Crippen molar-refractivity contribution in [2.24, 2.45) is 23.7 Å². The fourth-order valence-electron chi connectivity index (χ4n) is 3.93. The molecule has 27 heavy (non-hydrogen) atoms. The second-order valence-corrected chi connectivity index (χ2v) is 7.04. The number of hydrogen-bond acceptors (Lipinski definition) is 3. The van der Waals surface area contributed by atoms with Crippen molar-refractivity contribution in [1.29, 1.82) is 0 Å². The molecule has 0 radical (unpaired) electrons. The van der Waals surface area contributed by atoms with Crippen molar-refractivity contribution in [2.45, 2.75) is 25.6 Å². The first-order valence-electron chi connectivity index (χ1n) is 8.67. The summed E-state index contributed by atoms with van der Waals surface area (Å²) >= 11 is 0. The van der Waals surface area contributed by atoms with E-state index < -0.39 is 36.6 Å². The van der Waals surface area contributed by atoms with Crippen molar-refractivity contribution in [1.82, 2.24) is 5.32 Å². The van der Waals surface area contributed by atoms with E-state index in [0.717, 1.165) is 0 Å². The van der Waals surface area contributed by atoms with Crippen molar-refractivity contribution in [2.75, 3.05) is 6.61 Å². The Bertz CT molecular complexity index is 744. The van der Waals surface area contributed by atoms with Crippen molar-refractivity contribution in [3.05, 3.63) is 42.0 Å². The van der Waals surface area contributed by atoms with E-state index in [2.05, 4.69) is 10.1 Å². The summed E-state index contributed by atoms with van der Waals surface area (Å²) in [6.07, 6.45) is 0.0482. The number of hydrogen-bond donors (Lipinski definition) is 2. The average Bonchev–Trinajstić information content (AvgIpc) is 3.20. The third-order valence-corrected chi connectivity index (χ3v) is 5.19. The predicted molar refractivity (Wildman–Crippen MR) is 89.9 cm³/mol. The highest BCUT2D eigenvalue weighted by Gasteiger charge is 2.51. The van der Waals surface area contributed by atoms with Crippen molar-refractivity contribution in [3.8, 4) is 5.75 Å². The SMILES string of the molecule is C[C@H](NC(=O)[C@H]1[C@@H](C(=O)O)[C@H]2C=C[C@H]1C2)c1ccc(OCC(F)(F)F)cc1. The smallest absolute Gasteiger partial charge is 0.422 e. The number of carbonyl (C=O) groups is 2. The lowest BCUT2D eigenvalue weighted by Gasteiger charge is -2.26. The van der Waals surface area contributed by atoms with Gasteiger partial charge >= 0.3 is 12.1 Å². The molecule has 1 amide bonds. The number of fused-ring (bicyclic) bond motifs is 2. The number of carboxylic acid groups (broad SMARTS) is 1. The molecule has 2 aliphatic carbocycles. The Morgan fingerprint density at radius 3 is 2.33 bits per heavy atom. The minimum Gasteiger partial charge on any atom is -0.484 e. The third kappa shape index (κ3) is 4.26. The van der Waals surface area contributed by atoms with E-state index in [4.69, 9.17) is 0 Å². The molecule has 5 atom stereocenters. The number of halogens is 3. The van der Waals surface area contributed by atoms with E-state index in [-0.39, 0.29) is 23.5 Å². The summed E-state index contributed by atoms with van der Waals surface area (Å²) in [5.41, 5.74) is 0.688. The van der Waals surface area contributed by atoms with E-state index >= 15 is 0 Å². The molecule has 0 spiro atoms. The van der Waals surface area contributed by atoms with Crippen LogP contribution in [0, 0.1) is 23.7 Å². The summed E-state index contributed by atoms with van der Waals surface area (Å²) in [6, 6.07) is 5.55. The molecule has 0 saturated heterocycles. The van der Waals surface area contributed by atoms with E-state index in [9.17, 15) is 27.9 Å². The van der Waals surface area contributed by atoms with Crippen LogP contribution >= 0.6 is 0 Å². The molecule has 0 aromatic heterocycles. The van der Waals surface area contributed by atoms with E-state index in [1.165, 1.54) is 12.1 Å². The lowest BCUT2D eigenvalue weighted by Crippen LogP contribution is -2.41. The first kappa shape index (κ1) is 19.3. The lowest BCUT2D eigenvalue weighted by molar-refractivity contribution is -0.153. The zero-order valence-electron chi connectivity index (χ0n) is 14.6. The number of alkyl halides is 3. The van der Waals surface area contributed by atoms with Crippen molar-refractivity contribution in [3.63, 3.8) is 0 Å². The summed E-state index contributed by atoms with van der Waals surface area (Å²) in [7, 11) is 0. The molecule has 146 valence electrons. The minimum absolute atomic E-state index is 0.0681. The Hall–Kier alpha value is -2.51. The molecule has 1 fully saturated rings. The van der Waals surface area contributed by atoms with Crippen molar-refractivity contribution < 1.29 is 32.6 Å². The Labute approximate surface area is 154 Å². The van der Waals surface area contributed by atoms with E-state index in [1.54, 1.807) is 19.1 Å². The van der Waals surface area contributed by atoms with Gasteiger partial charge in [0.05, 0.1) is 17.9 Å². The van der Waals surface area contributed by atoms with Gasteiger partial charge in [-0.25, -0.2) is 0 Å². The van der Waals surface area contributed by atoms with Crippen LogP contribution in [0.25, 0.3) is 0 Å². The number of ether oxygens (including phenoxy) is 1.